The van der Waals surface area contributed by atoms with Crippen molar-refractivity contribution in [2.24, 2.45) is 0 Å². The number of aromatic amines is 1. The molecule has 0 saturated heterocycles. The van der Waals surface area contributed by atoms with Crippen molar-refractivity contribution < 1.29 is 9.23 Å². The average molecular weight is 489 g/mol. The normalized spacial score (nSPS) is 16.7. The molecule has 0 aliphatic carbocycles. The van der Waals surface area contributed by atoms with Gasteiger partial charge in [-0.15, -0.1) is 4.73 Å². The highest BCUT2D eigenvalue weighted by atomic mass is 35.5. The molecule has 5 rings (SSSR count). The third kappa shape index (κ3) is 3.98. The number of allylic oxidation sites excluding steroid dienone is 1. The summed E-state index contributed by atoms with van der Waals surface area (Å²) >= 11 is 12.3. The lowest BCUT2D eigenvalue weighted by Crippen LogP contribution is -2.26. The van der Waals surface area contributed by atoms with E-state index < -0.39 is 17.6 Å². The summed E-state index contributed by atoms with van der Waals surface area (Å²) in [7, 11) is 0. The first-order valence-electron chi connectivity index (χ1n) is 10.3. The first-order valence-corrected chi connectivity index (χ1v) is 11.0. The zero-order valence-corrected chi connectivity index (χ0v) is 18.9. The Kier molecular flexibility index (Phi) is 5.59. The SMILES string of the molecule is CC(On1c(=O)[nH]c2ncc(-c3cnn(C4C=CNCC4)c3)cc21)c1c(Cl)ccc(F)c1Cl. The molecule has 170 valence electrons. The van der Waals surface area contributed by atoms with Crippen molar-refractivity contribution in [2.75, 3.05) is 6.54 Å². The van der Waals surface area contributed by atoms with Crippen LogP contribution in [0.15, 0.2) is 53.9 Å². The van der Waals surface area contributed by atoms with Gasteiger partial charge in [-0.05, 0) is 43.8 Å². The van der Waals surface area contributed by atoms with Gasteiger partial charge in [0.2, 0.25) is 0 Å². The largest absolute Gasteiger partial charge is 0.401 e. The second-order valence-corrected chi connectivity index (χ2v) is 8.48. The van der Waals surface area contributed by atoms with Gasteiger partial charge in [-0.25, -0.2) is 14.2 Å². The van der Waals surface area contributed by atoms with Gasteiger partial charge in [0.15, 0.2) is 11.8 Å². The van der Waals surface area contributed by atoms with Crippen LogP contribution in [0.5, 0.6) is 0 Å². The van der Waals surface area contributed by atoms with Crippen LogP contribution < -0.4 is 15.8 Å². The summed E-state index contributed by atoms with van der Waals surface area (Å²) in [6.45, 7) is 2.51. The fourth-order valence-corrected chi connectivity index (χ4v) is 4.51. The molecule has 0 amide bonds. The van der Waals surface area contributed by atoms with Gasteiger partial charge in [0.25, 0.3) is 0 Å². The van der Waals surface area contributed by atoms with Crippen LogP contribution in [0.2, 0.25) is 10.0 Å². The van der Waals surface area contributed by atoms with Gasteiger partial charge in [-0.1, -0.05) is 23.2 Å². The number of fused-ring (bicyclic) bond motifs is 1. The van der Waals surface area contributed by atoms with Gasteiger partial charge in [0.1, 0.15) is 11.3 Å². The maximum atomic E-state index is 14.0. The fourth-order valence-electron chi connectivity index (χ4n) is 3.83. The molecule has 4 heterocycles. The van der Waals surface area contributed by atoms with Gasteiger partial charge in [0.05, 0.1) is 17.3 Å². The Morgan fingerprint density at radius 2 is 2.12 bits per heavy atom. The van der Waals surface area contributed by atoms with Gasteiger partial charge < -0.3 is 10.2 Å². The van der Waals surface area contributed by atoms with E-state index in [0.717, 1.165) is 28.8 Å². The van der Waals surface area contributed by atoms with Crippen LogP contribution in [0.1, 0.15) is 31.1 Å². The van der Waals surface area contributed by atoms with E-state index in [2.05, 4.69) is 26.5 Å². The Balaban J connectivity index is 1.49. The lowest BCUT2D eigenvalue weighted by Gasteiger charge is -2.18. The summed E-state index contributed by atoms with van der Waals surface area (Å²) in [5, 5.41) is 7.73. The maximum absolute atomic E-state index is 14.0. The molecule has 0 spiro atoms. The molecule has 11 heteroatoms. The number of pyridine rings is 1. The van der Waals surface area contributed by atoms with Crippen LogP contribution in [0.3, 0.4) is 0 Å². The number of benzene rings is 1. The van der Waals surface area contributed by atoms with Gasteiger partial charge in [0, 0.05) is 40.7 Å². The predicted octanol–water partition coefficient (Wildman–Crippen LogP) is 4.27. The molecule has 1 aliphatic heterocycles. The van der Waals surface area contributed by atoms with Gasteiger partial charge in [-0.3, -0.25) is 9.67 Å². The van der Waals surface area contributed by atoms with E-state index >= 15 is 0 Å². The van der Waals surface area contributed by atoms with Crippen molar-refractivity contribution in [3.05, 3.63) is 81.0 Å². The summed E-state index contributed by atoms with van der Waals surface area (Å²) in [5.41, 5.74) is 2.10. The van der Waals surface area contributed by atoms with Crippen molar-refractivity contribution in [3.63, 3.8) is 0 Å². The molecule has 0 bridgehead atoms. The van der Waals surface area contributed by atoms with Crippen LogP contribution in [-0.4, -0.2) is 31.0 Å². The number of hydrogen-bond donors (Lipinski definition) is 2. The molecule has 0 radical (unpaired) electrons. The second-order valence-electron chi connectivity index (χ2n) is 7.70. The number of H-pyrrole nitrogens is 1. The summed E-state index contributed by atoms with van der Waals surface area (Å²) in [6, 6.07) is 4.52. The van der Waals surface area contributed by atoms with E-state index in [1.807, 2.05) is 17.1 Å². The average Bonchev–Trinajstić information content (AvgIpc) is 3.42. The molecule has 0 fully saturated rings. The molecule has 1 aliphatic rings. The monoisotopic (exact) mass is 488 g/mol. The quantitative estimate of drug-likeness (QED) is 0.409. The summed E-state index contributed by atoms with van der Waals surface area (Å²) in [5.74, 6) is -0.623. The number of rotatable bonds is 5. The summed E-state index contributed by atoms with van der Waals surface area (Å²) < 4.78 is 16.9. The van der Waals surface area contributed by atoms with Crippen LogP contribution in [-0.2, 0) is 0 Å². The molecule has 1 aromatic carbocycles. The highest BCUT2D eigenvalue weighted by molar-refractivity contribution is 6.36. The first-order chi connectivity index (χ1) is 15.9. The standard InChI is InChI=1S/C22H19Cl2FN6O2/c1-12(19-16(23)2-3-17(25)20(19)24)33-31-18-8-13(9-27-21(18)29-22(31)32)14-10-28-30(11-14)15-4-6-26-7-5-15/h2-4,6,8-12,15,26H,5,7H2,1H3,(H,27,29,32). The Hall–Kier alpha value is -3.30. The second kappa shape index (κ2) is 8.57. The predicted molar refractivity (Wildman–Crippen MR) is 124 cm³/mol. The first kappa shape index (κ1) is 21.5. The van der Waals surface area contributed by atoms with Gasteiger partial charge >= 0.3 is 5.69 Å². The molecular formula is C22H19Cl2FN6O2. The minimum atomic E-state index is -0.810. The Bertz CT molecular complexity index is 1430. The van der Waals surface area contributed by atoms with E-state index in [1.54, 1.807) is 25.4 Å². The van der Waals surface area contributed by atoms with Crippen molar-refractivity contribution in [1.29, 1.82) is 0 Å². The molecule has 0 saturated carbocycles. The van der Waals surface area contributed by atoms with E-state index in [4.69, 9.17) is 28.0 Å². The smallest absolute Gasteiger partial charge is 0.360 e. The Morgan fingerprint density at radius 3 is 2.91 bits per heavy atom. The van der Waals surface area contributed by atoms with Crippen LogP contribution in [0.4, 0.5) is 4.39 Å². The third-order valence-corrected chi connectivity index (χ3v) is 6.25. The Labute approximate surface area is 197 Å². The van der Waals surface area contributed by atoms with Crippen LogP contribution in [0, 0.1) is 5.82 Å². The van der Waals surface area contributed by atoms with Crippen molar-refractivity contribution in [2.45, 2.75) is 25.5 Å². The van der Waals surface area contributed by atoms with Crippen LogP contribution in [0.25, 0.3) is 22.3 Å². The number of aromatic nitrogens is 5. The van der Waals surface area contributed by atoms with Crippen molar-refractivity contribution >= 4 is 34.4 Å². The fraction of sp³-hybridized carbons (Fsp3) is 0.227. The third-order valence-electron chi connectivity index (χ3n) is 5.54. The molecule has 2 atom stereocenters. The highest BCUT2D eigenvalue weighted by Crippen LogP contribution is 2.33. The van der Waals surface area contributed by atoms with E-state index in [1.165, 1.54) is 12.1 Å². The summed E-state index contributed by atoms with van der Waals surface area (Å²) in [4.78, 5) is 25.4. The lowest BCUT2D eigenvalue weighted by atomic mass is 10.1. The lowest BCUT2D eigenvalue weighted by molar-refractivity contribution is 0.0492. The van der Waals surface area contributed by atoms with E-state index in [9.17, 15) is 9.18 Å². The zero-order chi connectivity index (χ0) is 23.1. The summed E-state index contributed by atoms with van der Waals surface area (Å²) in [6.07, 6.45) is 9.46. The topological polar surface area (TPSA) is 89.8 Å². The molecule has 2 N–H and O–H groups in total. The molecule has 33 heavy (non-hydrogen) atoms. The number of nitrogens with zero attached hydrogens (tertiary/aromatic N) is 4. The molecule has 2 unspecified atom stereocenters. The van der Waals surface area contributed by atoms with Crippen molar-refractivity contribution in [1.82, 2.24) is 29.8 Å². The number of imidazole rings is 1. The Morgan fingerprint density at radius 1 is 1.27 bits per heavy atom. The van der Waals surface area contributed by atoms with Crippen molar-refractivity contribution in [3.8, 4) is 11.1 Å². The molecule has 3 aromatic heterocycles. The van der Waals surface area contributed by atoms with E-state index in [0.29, 0.717) is 11.2 Å². The molecular weight excluding hydrogens is 470 g/mol. The minimum Gasteiger partial charge on any atom is -0.401 e. The zero-order valence-electron chi connectivity index (χ0n) is 17.4. The minimum absolute atomic E-state index is 0.152. The maximum Gasteiger partial charge on any atom is 0.360 e. The molecule has 4 aromatic rings. The van der Waals surface area contributed by atoms with Crippen LogP contribution >= 0.6 is 23.2 Å². The molecule has 8 nitrogen and oxygen atoms in total. The number of halogens is 3. The van der Waals surface area contributed by atoms with E-state index in [-0.39, 0.29) is 21.7 Å². The number of nitrogens with one attached hydrogen (secondary N) is 2. The van der Waals surface area contributed by atoms with Gasteiger partial charge in [-0.2, -0.15) is 5.10 Å². The highest BCUT2D eigenvalue weighted by Gasteiger charge is 2.21. The number of hydrogen-bond acceptors (Lipinski definition) is 5.